The highest BCUT2D eigenvalue weighted by Gasteiger charge is 2.15. The van der Waals surface area contributed by atoms with E-state index in [0.717, 1.165) is 18.2 Å². The van der Waals surface area contributed by atoms with Crippen LogP contribution < -0.4 is 10.4 Å². The van der Waals surface area contributed by atoms with Crippen molar-refractivity contribution >= 4 is 23.4 Å². The van der Waals surface area contributed by atoms with E-state index < -0.39 is 4.92 Å². The second-order valence-electron chi connectivity index (χ2n) is 5.46. The molecule has 2 heterocycles. The molecule has 0 atom stereocenters. The zero-order chi connectivity index (χ0) is 19.4. The van der Waals surface area contributed by atoms with Crippen LogP contribution in [-0.4, -0.2) is 31.3 Å². The van der Waals surface area contributed by atoms with Gasteiger partial charge in [0, 0.05) is 25.7 Å². The van der Waals surface area contributed by atoms with Crippen LogP contribution >= 0.6 is 11.8 Å². The maximum absolute atomic E-state index is 12.0. The Hall–Kier alpha value is -3.34. The highest BCUT2D eigenvalue weighted by molar-refractivity contribution is 7.99. The van der Waals surface area contributed by atoms with Crippen LogP contribution in [0, 0.1) is 10.1 Å². The standard InChI is InChI=1S/C16H15N5O5S/c1-20-15(13-3-2-6-26-13)18-19-16(20)27-9-14(23)17-8-10-7-11(21(24)25)4-5-12(10)22/h2-7,22H,8-9H2,1H3,(H,17,23)/p-1. The third-order valence-corrected chi connectivity index (χ3v) is 4.66. The zero-order valence-electron chi connectivity index (χ0n) is 14.1. The lowest BCUT2D eigenvalue weighted by atomic mass is 10.2. The van der Waals surface area contributed by atoms with Crippen LogP contribution in [0.3, 0.4) is 0 Å². The Bertz CT molecular complexity index is 970. The van der Waals surface area contributed by atoms with E-state index in [1.54, 1.807) is 23.7 Å². The molecule has 1 aromatic carbocycles. The quantitative estimate of drug-likeness (QED) is 0.364. The number of nitro benzene ring substituents is 1. The molecule has 140 valence electrons. The average Bonchev–Trinajstić information content (AvgIpc) is 3.28. The SMILES string of the molecule is Cn1c(SCC(=O)NCc2cc([N+](=O)[O-])ccc2[O-])nnc1-c1ccco1. The Kier molecular flexibility index (Phi) is 5.41. The number of hydrogen-bond acceptors (Lipinski definition) is 8. The Morgan fingerprint density at radius 2 is 2.19 bits per heavy atom. The van der Waals surface area contributed by atoms with Gasteiger partial charge in [0.2, 0.25) is 5.91 Å². The van der Waals surface area contributed by atoms with Crippen LogP contribution in [0.15, 0.2) is 46.2 Å². The van der Waals surface area contributed by atoms with Gasteiger partial charge in [0.1, 0.15) is 0 Å². The van der Waals surface area contributed by atoms with E-state index in [0.29, 0.717) is 16.7 Å². The summed E-state index contributed by atoms with van der Waals surface area (Å²) in [5.41, 5.74) is -0.0425. The van der Waals surface area contributed by atoms with Gasteiger partial charge in [-0.2, -0.15) is 0 Å². The molecule has 0 saturated heterocycles. The average molecular weight is 388 g/mol. The molecule has 0 radical (unpaired) electrons. The van der Waals surface area contributed by atoms with Crippen molar-refractivity contribution in [2.75, 3.05) is 5.75 Å². The Morgan fingerprint density at radius 1 is 1.37 bits per heavy atom. The molecule has 27 heavy (non-hydrogen) atoms. The fraction of sp³-hybridized carbons (Fsp3) is 0.188. The molecule has 3 rings (SSSR count). The number of amides is 1. The Balaban J connectivity index is 1.57. The predicted octanol–water partition coefficient (Wildman–Crippen LogP) is 1.47. The summed E-state index contributed by atoms with van der Waals surface area (Å²) in [6, 6.07) is 6.90. The molecule has 11 heteroatoms. The molecule has 0 aliphatic heterocycles. The van der Waals surface area contributed by atoms with Gasteiger partial charge in [-0.25, -0.2) is 0 Å². The molecule has 0 spiro atoms. The molecule has 1 N–H and O–H groups in total. The van der Waals surface area contributed by atoms with Crippen LogP contribution in [0.4, 0.5) is 5.69 Å². The van der Waals surface area contributed by atoms with Gasteiger partial charge in [0.25, 0.3) is 5.69 Å². The number of nitro groups is 1. The number of nitrogens with one attached hydrogen (secondary N) is 1. The minimum absolute atomic E-state index is 0.0489. The molecular weight excluding hydrogens is 374 g/mol. The second-order valence-corrected chi connectivity index (χ2v) is 6.40. The number of non-ortho nitro benzene ring substituents is 1. The predicted molar refractivity (Wildman–Crippen MR) is 93.8 cm³/mol. The summed E-state index contributed by atoms with van der Waals surface area (Å²) in [5, 5.41) is 33.7. The zero-order valence-corrected chi connectivity index (χ0v) is 14.9. The van der Waals surface area contributed by atoms with Gasteiger partial charge in [-0.3, -0.25) is 14.9 Å². The number of rotatable bonds is 7. The normalized spacial score (nSPS) is 10.7. The van der Waals surface area contributed by atoms with Crippen LogP contribution in [-0.2, 0) is 18.4 Å². The number of carbonyl (C=O) groups is 1. The summed E-state index contributed by atoms with van der Waals surface area (Å²) in [6.45, 7) is -0.0869. The second kappa shape index (κ2) is 7.91. The first-order valence-electron chi connectivity index (χ1n) is 7.73. The monoisotopic (exact) mass is 388 g/mol. The first kappa shape index (κ1) is 18.5. The summed E-state index contributed by atoms with van der Waals surface area (Å²) in [5.74, 6) is 0.441. The highest BCUT2D eigenvalue weighted by Crippen LogP contribution is 2.23. The molecular formula is C16H14N5O5S-. The Morgan fingerprint density at radius 3 is 2.89 bits per heavy atom. The molecule has 0 fully saturated rings. The van der Waals surface area contributed by atoms with Crippen molar-refractivity contribution in [2.24, 2.45) is 7.05 Å². The van der Waals surface area contributed by atoms with E-state index in [1.165, 1.54) is 18.0 Å². The van der Waals surface area contributed by atoms with Crippen molar-refractivity contribution in [1.29, 1.82) is 0 Å². The first-order valence-corrected chi connectivity index (χ1v) is 8.71. The Labute approximate surface area is 157 Å². The number of furan rings is 1. The van der Waals surface area contributed by atoms with Gasteiger partial charge in [0.05, 0.1) is 16.9 Å². The smallest absolute Gasteiger partial charge is 0.269 e. The number of nitrogens with zero attached hydrogens (tertiary/aromatic N) is 4. The summed E-state index contributed by atoms with van der Waals surface area (Å²) < 4.78 is 6.98. The molecule has 3 aromatic rings. The molecule has 1 amide bonds. The van der Waals surface area contributed by atoms with Gasteiger partial charge in [-0.05, 0) is 17.7 Å². The van der Waals surface area contributed by atoms with Crippen molar-refractivity contribution in [3.63, 3.8) is 0 Å². The topological polar surface area (TPSA) is 139 Å². The number of aromatic nitrogens is 3. The maximum Gasteiger partial charge on any atom is 0.269 e. The van der Waals surface area contributed by atoms with Gasteiger partial charge in [0.15, 0.2) is 16.7 Å². The summed E-state index contributed by atoms with van der Waals surface area (Å²) >= 11 is 1.17. The molecule has 0 unspecified atom stereocenters. The van der Waals surface area contributed by atoms with E-state index in [1.807, 2.05) is 0 Å². The van der Waals surface area contributed by atoms with Crippen LogP contribution in [0.1, 0.15) is 5.56 Å². The van der Waals surface area contributed by atoms with Crippen molar-refractivity contribution < 1.29 is 19.2 Å². The van der Waals surface area contributed by atoms with E-state index in [2.05, 4.69) is 15.5 Å². The fourth-order valence-electron chi connectivity index (χ4n) is 2.25. The molecule has 2 aromatic heterocycles. The first-order chi connectivity index (χ1) is 13.0. The van der Waals surface area contributed by atoms with Crippen molar-refractivity contribution in [3.05, 3.63) is 52.3 Å². The minimum atomic E-state index is -0.592. The lowest BCUT2D eigenvalue weighted by Gasteiger charge is -2.13. The van der Waals surface area contributed by atoms with E-state index in [9.17, 15) is 20.0 Å². The van der Waals surface area contributed by atoms with E-state index in [-0.39, 0.29) is 35.2 Å². The highest BCUT2D eigenvalue weighted by atomic mass is 32.2. The molecule has 0 aliphatic carbocycles. The van der Waals surface area contributed by atoms with Crippen molar-refractivity contribution in [1.82, 2.24) is 20.1 Å². The third-order valence-electron chi connectivity index (χ3n) is 3.64. The van der Waals surface area contributed by atoms with Crippen molar-refractivity contribution in [3.8, 4) is 17.3 Å². The minimum Gasteiger partial charge on any atom is -0.872 e. The third kappa shape index (κ3) is 4.26. The molecule has 10 nitrogen and oxygen atoms in total. The number of thioether (sulfide) groups is 1. The van der Waals surface area contributed by atoms with Gasteiger partial charge < -0.3 is 19.4 Å². The van der Waals surface area contributed by atoms with Gasteiger partial charge in [-0.15, -0.1) is 15.9 Å². The van der Waals surface area contributed by atoms with E-state index in [4.69, 9.17) is 4.42 Å². The van der Waals surface area contributed by atoms with Crippen LogP contribution in [0.25, 0.3) is 11.6 Å². The van der Waals surface area contributed by atoms with Crippen molar-refractivity contribution in [2.45, 2.75) is 11.7 Å². The number of carbonyl (C=O) groups excluding carboxylic acids is 1. The molecule has 0 aliphatic rings. The largest absolute Gasteiger partial charge is 0.872 e. The van der Waals surface area contributed by atoms with Crippen LogP contribution in [0.5, 0.6) is 5.75 Å². The maximum atomic E-state index is 12.0. The number of hydrogen-bond donors (Lipinski definition) is 1. The lowest BCUT2D eigenvalue weighted by Crippen LogP contribution is -2.25. The molecule has 0 bridgehead atoms. The number of benzene rings is 1. The summed E-state index contributed by atoms with van der Waals surface area (Å²) in [6.07, 6.45) is 1.53. The summed E-state index contributed by atoms with van der Waals surface area (Å²) in [4.78, 5) is 22.2. The van der Waals surface area contributed by atoms with Crippen LogP contribution in [0.2, 0.25) is 0 Å². The van der Waals surface area contributed by atoms with Gasteiger partial charge >= 0.3 is 0 Å². The molecule has 0 saturated carbocycles. The summed E-state index contributed by atoms with van der Waals surface area (Å²) in [7, 11) is 1.75. The fourth-order valence-corrected chi connectivity index (χ4v) is 2.99. The van der Waals surface area contributed by atoms with Gasteiger partial charge in [-0.1, -0.05) is 17.8 Å². The van der Waals surface area contributed by atoms with E-state index >= 15 is 0 Å². The lowest BCUT2D eigenvalue weighted by molar-refractivity contribution is -0.385.